The Morgan fingerprint density at radius 1 is 1.00 bits per heavy atom. The van der Waals surface area contributed by atoms with Crippen molar-refractivity contribution in [2.24, 2.45) is 5.92 Å². The zero-order valence-corrected chi connectivity index (χ0v) is 15.4. The van der Waals surface area contributed by atoms with Crippen LogP contribution in [0.4, 0.5) is 24.8 Å². The van der Waals surface area contributed by atoms with Crippen LogP contribution in [0.25, 0.3) is 10.9 Å². The van der Waals surface area contributed by atoms with Crippen LogP contribution >= 0.6 is 0 Å². The average Bonchev–Trinajstić information content (AvgIpc) is 3.16. The maximum atomic E-state index is 13.0. The van der Waals surface area contributed by atoms with Gasteiger partial charge in [0.05, 0.1) is 17.8 Å². The van der Waals surface area contributed by atoms with Gasteiger partial charge in [-0.1, -0.05) is 0 Å². The first-order valence-electron chi connectivity index (χ1n) is 9.46. The Balaban J connectivity index is 1.45. The largest absolute Gasteiger partial charge is 0.433 e. The number of alkyl halides is 3. The molecule has 2 unspecified atom stereocenters. The zero-order valence-electron chi connectivity index (χ0n) is 15.4. The van der Waals surface area contributed by atoms with Crippen molar-refractivity contribution in [1.82, 2.24) is 24.9 Å². The van der Waals surface area contributed by atoms with Crippen molar-refractivity contribution in [1.29, 1.82) is 0 Å². The first-order valence-corrected chi connectivity index (χ1v) is 9.46. The summed E-state index contributed by atoms with van der Waals surface area (Å²) in [5, 5.41) is 0.932. The van der Waals surface area contributed by atoms with Gasteiger partial charge in [0, 0.05) is 37.3 Å². The third kappa shape index (κ3) is 3.22. The molecule has 10 heteroatoms. The second-order valence-electron chi connectivity index (χ2n) is 7.39. The topological polar surface area (TPSA) is 70.9 Å². The highest BCUT2D eigenvalue weighted by molar-refractivity contribution is 5.88. The highest BCUT2D eigenvalue weighted by atomic mass is 19.4. The van der Waals surface area contributed by atoms with Crippen LogP contribution in [0.15, 0.2) is 37.2 Å². The van der Waals surface area contributed by atoms with E-state index >= 15 is 0 Å². The number of pyridine rings is 1. The van der Waals surface area contributed by atoms with Crippen molar-refractivity contribution in [3.63, 3.8) is 0 Å². The summed E-state index contributed by atoms with van der Waals surface area (Å²) in [7, 11) is 0. The number of hydrogen-bond acceptors (Lipinski definition) is 7. The number of rotatable bonds is 2. The molecule has 3 aromatic heterocycles. The molecule has 0 radical (unpaired) electrons. The normalized spacial score (nSPS) is 22.2. The highest BCUT2D eigenvalue weighted by Crippen LogP contribution is 2.38. The van der Waals surface area contributed by atoms with Gasteiger partial charge in [-0.05, 0) is 24.8 Å². The molecule has 5 rings (SSSR count). The molecule has 2 aliphatic rings. The summed E-state index contributed by atoms with van der Waals surface area (Å²) in [6.07, 6.45) is 3.40. The van der Waals surface area contributed by atoms with Crippen LogP contribution in [0, 0.1) is 5.92 Å². The van der Waals surface area contributed by atoms with E-state index in [2.05, 4.69) is 29.8 Å². The van der Waals surface area contributed by atoms with Crippen molar-refractivity contribution >= 4 is 22.5 Å². The van der Waals surface area contributed by atoms with Gasteiger partial charge in [0.15, 0.2) is 0 Å². The number of anilines is 2. The molecule has 2 saturated heterocycles. The summed E-state index contributed by atoms with van der Waals surface area (Å²) >= 11 is 0. The molecule has 0 aliphatic carbocycles. The van der Waals surface area contributed by atoms with Crippen LogP contribution in [0.1, 0.15) is 18.5 Å². The van der Waals surface area contributed by atoms with Gasteiger partial charge < -0.3 is 9.80 Å². The summed E-state index contributed by atoms with van der Waals surface area (Å²) in [5.41, 5.74) is -0.138. The van der Waals surface area contributed by atoms with Crippen molar-refractivity contribution in [2.45, 2.75) is 25.1 Å². The van der Waals surface area contributed by atoms with Gasteiger partial charge >= 0.3 is 6.18 Å². The lowest BCUT2D eigenvalue weighted by Crippen LogP contribution is -2.49. The number of hydrogen-bond donors (Lipinski definition) is 0. The third-order valence-electron chi connectivity index (χ3n) is 5.82. The summed E-state index contributed by atoms with van der Waals surface area (Å²) < 4.78 is 39.1. The molecule has 0 N–H and O–H groups in total. The predicted octanol–water partition coefficient (Wildman–Crippen LogP) is 2.94. The Morgan fingerprint density at radius 2 is 1.83 bits per heavy atom. The molecule has 2 fully saturated rings. The molecule has 150 valence electrons. The van der Waals surface area contributed by atoms with Crippen LogP contribution in [0.2, 0.25) is 0 Å². The lowest BCUT2D eigenvalue weighted by Gasteiger charge is -2.39. The van der Waals surface area contributed by atoms with Crippen LogP contribution in [0.3, 0.4) is 0 Å². The van der Waals surface area contributed by atoms with E-state index in [4.69, 9.17) is 0 Å². The van der Waals surface area contributed by atoms with E-state index in [9.17, 15) is 13.2 Å². The van der Waals surface area contributed by atoms with Crippen molar-refractivity contribution in [3.05, 3.63) is 42.9 Å². The van der Waals surface area contributed by atoms with Crippen LogP contribution < -0.4 is 9.80 Å². The minimum Gasteiger partial charge on any atom is -0.354 e. The molecule has 7 nitrogen and oxygen atoms in total. The van der Waals surface area contributed by atoms with Gasteiger partial charge in [0.25, 0.3) is 0 Å². The van der Waals surface area contributed by atoms with E-state index in [0.29, 0.717) is 24.8 Å². The Hall–Kier alpha value is -3.04. The Bertz CT molecular complexity index is 1040. The smallest absolute Gasteiger partial charge is 0.354 e. The van der Waals surface area contributed by atoms with E-state index in [-0.39, 0.29) is 6.04 Å². The molecule has 0 saturated carbocycles. The summed E-state index contributed by atoms with van der Waals surface area (Å²) in [4.78, 5) is 24.6. The third-order valence-corrected chi connectivity index (χ3v) is 5.82. The lowest BCUT2D eigenvalue weighted by molar-refractivity contribution is -0.141. The standard InChI is InChI=1S/C19H18F3N7/c20-19(21,22)16-7-17(26-11-25-16)28-5-2-12-3-6-29(15(12)9-28)18-13-1-4-23-8-14(13)24-10-27-18/h1,4,7-8,10-12,15H,2-3,5-6,9H2. The molecule has 5 heterocycles. The average molecular weight is 401 g/mol. The number of nitrogens with zero attached hydrogens (tertiary/aromatic N) is 7. The monoisotopic (exact) mass is 401 g/mol. The zero-order chi connectivity index (χ0) is 20.0. The molecule has 3 aromatic rings. The first-order chi connectivity index (χ1) is 14.0. The van der Waals surface area contributed by atoms with Crippen LogP contribution in [0.5, 0.6) is 0 Å². The summed E-state index contributed by atoms with van der Waals surface area (Å²) in [6.45, 7) is 2.13. The Kier molecular flexibility index (Phi) is 4.21. The maximum absolute atomic E-state index is 13.0. The second-order valence-corrected chi connectivity index (χ2v) is 7.39. The van der Waals surface area contributed by atoms with Crippen LogP contribution in [-0.4, -0.2) is 50.6 Å². The van der Waals surface area contributed by atoms with Crippen molar-refractivity contribution in [3.8, 4) is 0 Å². The molecular formula is C19H18F3N7. The fourth-order valence-electron chi connectivity index (χ4n) is 4.41. The van der Waals surface area contributed by atoms with E-state index in [1.807, 2.05) is 11.0 Å². The minimum absolute atomic E-state index is 0.152. The van der Waals surface area contributed by atoms with E-state index in [0.717, 1.165) is 48.5 Å². The van der Waals surface area contributed by atoms with Gasteiger partial charge in [-0.15, -0.1) is 0 Å². The number of aromatic nitrogens is 5. The number of piperidine rings is 1. The molecule has 0 aromatic carbocycles. The summed E-state index contributed by atoms with van der Waals surface area (Å²) in [5.74, 6) is 1.64. The molecule has 0 spiro atoms. The quantitative estimate of drug-likeness (QED) is 0.654. The lowest BCUT2D eigenvalue weighted by atomic mass is 9.92. The second kappa shape index (κ2) is 6.78. The predicted molar refractivity (Wildman–Crippen MR) is 100 cm³/mol. The Labute approximate surface area is 164 Å². The van der Waals surface area contributed by atoms with Gasteiger partial charge in [-0.25, -0.2) is 19.9 Å². The molecule has 2 atom stereocenters. The fourth-order valence-corrected chi connectivity index (χ4v) is 4.41. The van der Waals surface area contributed by atoms with Gasteiger partial charge in [0.1, 0.15) is 30.0 Å². The minimum atomic E-state index is -4.48. The molecule has 2 aliphatic heterocycles. The van der Waals surface area contributed by atoms with Crippen molar-refractivity contribution < 1.29 is 13.2 Å². The summed E-state index contributed by atoms with van der Waals surface area (Å²) in [6, 6.07) is 3.09. The van der Waals surface area contributed by atoms with E-state index < -0.39 is 11.9 Å². The fraction of sp³-hybridized carbons (Fsp3) is 0.421. The van der Waals surface area contributed by atoms with Crippen LogP contribution in [-0.2, 0) is 6.18 Å². The number of halogens is 3. The van der Waals surface area contributed by atoms with Crippen molar-refractivity contribution in [2.75, 3.05) is 29.4 Å². The Morgan fingerprint density at radius 3 is 2.69 bits per heavy atom. The maximum Gasteiger partial charge on any atom is 0.433 e. The SMILES string of the molecule is FC(F)(F)c1cc(N2CCC3CCN(c4ncnc5cnccc45)C3C2)ncn1. The number of fused-ring (bicyclic) bond motifs is 2. The van der Waals surface area contributed by atoms with Gasteiger partial charge in [0.2, 0.25) is 0 Å². The molecule has 29 heavy (non-hydrogen) atoms. The molecule has 0 bridgehead atoms. The molecule has 0 amide bonds. The van der Waals surface area contributed by atoms with E-state index in [1.54, 1.807) is 12.4 Å². The van der Waals surface area contributed by atoms with Gasteiger partial charge in [-0.3, -0.25) is 4.98 Å². The van der Waals surface area contributed by atoms with E-state index in [1.165, 1.54) is 6.33 Å². The molecular weight excluding hydrogens is 383 g/mol. The highest BCUT2D eigenvalue weighted by Gasteiger charge is 2.40. The van der Waals surface area contributed by atoms with Gasteiger partial charge in [-0.2, -0.15) is 13.2 Å². The first kappa shape index (κ1) is 18.0.